The standard InChI is InChI=1S/C19H17FN6O/c1-11-19(21-10-27)23-16-9-8-15(24-26(11)16)18-17(22-12(2)25(18)3)13-4-6-14(20)7-5-13/h4-10H,1-3H3,(H,21,27). The molecule has 0 unspecified atom stereocenters. The summed E-state index contributed by atoms with van der Waals surface area (Å²) in [6.07, 6.45) is 0.590. The van der Waals surface area contributed by atoms with Gasteiger partial charge in [-0.1, -0.05) is 0 Å². The van der Waals surface area contributed by atoms with Crippen LogP contribution in [0.3, 0.4) is 0 Å². The van der Waals surface area contributed by atoms with Crippen LogP contribution in [0.2, 0.25) is 0 Å². The van der Waals surface area contributed by atoms with E-state index in [1.54, 1.807) is 16.6 Å². The zero-order chi connectivity index (χ0) is 19.1. The lowest BCUT2D eigenvalue weighted by Gasteiger charge is -2.07. The molecule has 1 amide bonds. The molecule has 0 aliphatic heterocycles. The minimum absolute atomic E-state index is 0.295. The highest BCUT2D eigenvalue weighted by atomic mass is 19.1. The third-order valence-corrected chi connectivity index (χ3v) is 4.58. The Kier molecular flexibility index (Phi) is 3.95. The molecule has 0 spiro atoms. The summed E-state index contributed by atoms with van der Waals surface area (Å²) in [6, 6.07) is 9.92. The second-order valence-electron chi connectivity index (χ2n) is 6.22. The predicted molar refractivity (Wildman–Crippen MR) is 99.7 cm³/mol. The molecule has 0 aliphatic rings. The summed E-state index contributed by atoms with van der Waals surface area (Å²) in [5, 5.41) is 7.27. The molecule has 1 aromatic carbocycles. The van der Waals surface area contributed by atoms with Gasteiger partial charge in [0.25, 0.3) is 0 Å². The number of benzene rings is 1. The van der Waals surface area contributed by atoms with Crippen molar-refractivity contribution in [2.75, 3.05) is 5.32 Å². The molecular weight excluding hydrogens is 347 g/mol. The Morgan fingerprint density at radius 3 is 2.52 bits per heavy atom. The number of aryl methyl sites for hydroxylation is 2. The van der Waals surface area contributed by atoms with E-state index in [0.717, 1.165) is 28.5 Å². The molecule has 0 bridgehead atoms. The molecule has 1 N–H and O–H groups in total. The lowest BCUT2D eigenvalue weighted by Crippen LogP contribution is -2.02. The smallest absolute Gasteiger partial charge is 0.212 e. The number of nitrogens with zero attached hydrogens (tertiary/aromatic N) is 5. The molecule has 0 aliphatic carbocycles. The third kappa shape index (κ3) is 2.75. The predicted octanol–water partition coefficient (Wildman–Crippen LogP) is 3.12. The van der Waals surface area contributed by atoms with E-state index < -0.39 is 0 Å². The van der Waals surface area contributed by atoms with Gasteiger partial charge >= 0.3 is 0 Å². The summed E-state index contributed by atoms with van der Waals surface area (Å²) >= 11 is 0. The van der Waals surface area contributed by atoms with Crippen LogP contribution in [-0.2, 0) is 11.8 Å². The van der Waals surface area contributed by atoms with E-state index >= 15 is 0 Å². The number of hydrogen-bond donors (Lipinski definition) is 1. The van der Waals surface area contributed by atoms with E-state index in [2.05, 4.69) is 20.4 Å². The summed E-state index contributed by atoms with van der Waals surface area (Å²) in [7, 11) is 1.91. The van der Waals surface area contributed by atoms with Crippen LogP contribution in [0.25, 0.3) is 28.3 Å². The van der Waals surface area contributed by atoms with Crippen molar-refractivity contribution in [3.05, 3.63) is 53.7 Å². The number of fused-ring (bicyclic) bond motifs is 1. The first-order valence-corrected chi connectivity index (χ1v) is 8.36. The first kappa shape index (κ1) is 16.9. The fourth-order valence-corrected chi connectivity index (χ4v) is 3.07. The Morgan fingerprint density at radius 2 is 1.81 bits per heavy atom. The number of imidazole rings is 2. The second kappa shape index (κ2) is 6.31. The number of anilines is 1. The van der Waals surface area contributed by atoms with Gasteiger partial charge in [0.15, 0.2) is 11.5 Å². The zero-order valence-corrected chi connectivity index (χ0v) is 15.1. The van der Waals surface area contributed by atoms with Crippen molar-refractivity contribution in [3.63, 3.8) is 0 Å². The van der Waals surface area contributed by atoms with Crippen molar-refractivity contribution >= 4 is 17.9 Å². The average Bonchev–Trinajstić information content (AvgIpc) is 3.13. The maximum atomic E-state index is 13.3. The fraction of sp³-hybridized carbons (Fsp3) is 0.158. The van der Waals surface area contributed by atoms with Gasteiger partial charge in [-0.15, -0.1) is 0 Å². The van der Waals surface area contributed by atoms with Crippen molar-refractivity contribution in [1.82, 2.24) is 24.1 Å². The van der Waals surface area contributed by atoms with Crippen LogP contribution in [0.4, 0.5) is 10.2 Å². The third-order valence-electron chi connectivity index (χ3n) is 4.58. The van der Waals surface area contributed by atoms with E-state index in [0.29, 0.717) is 23.6 Å². The summed E-state index contributed by atoms with van der Waals surface area (Å²) in [6.45, 7) is 3.74. The van der Waals surface area contributed by atoms with Crippen molar-refractivity contribution in [1.29, 1.82) is 0 Å². The van der Waals surface area contributed by atoms with E-state index in [4.69, 9.17) is 0 Å². The minimum atomic E-state index is -0.295. The van der Waals surface area contributed by atoms with Crippen LogP contribution >= 0.6 is 0 Å². The molecule has 0 saturated heterocycles. The lowest BCUT2D eigenvalue weighted by atomic mass is 10.1. The Balaban J connectivity index is 1.91. The monoisotopic (exact) mass is 364 g/mol. The van der Waals surface area contributed by atoms with Gasteiger partial charge < -0.3 is 9.88 Å². The molecule has 0 atom stereocenters. The Hall–Kier alpha value is -3.55. The summed E-state index contributed by atoms with van der Waals surface area (Å²) < 4.78 is 16.9. The number of nitrogens with one attached hydrogen (secondary N) is 1. The second-order valence-corrected chi connectivity index (χ2v) is 6.22. The van der Waals surface area contributed by atoms with Gasteiger partial charge in [-0.25, -0.2) is 18.9 Å². The first-order chi connectivity index (χ1) is 13.0. The van der Waals surface area contributed by atoms with Gasteiger partial charge in [-0.2, -0.15) is 5.10 Å². The summed E-state index contributed by atoms with van der Waals surface area (Å²) in [5.41, 5.74) is 4.40. The van der Waals surface area contributed by atoms with Gasteiger partial charge in [0, 0.05) is 12.6 Å². The molecule has 27 heavy (non-hydrogen) atoms. The van der Waals surface area contributed by atoms with Crippen molar-refractivity contribution < 1.29 is 9.18 Å². The van der Waals surface area contributed by atoms with Crippen LogP contribution in [0.5, 0.6) is 0 Å². The average molecular weight is 364 g/mol. The Labute approximate surface area is 154 Å². The summed E-state index contributed by atoms with van der Waals surface area (Å²) in [5.74, 6) is 0.989. The van der Waals surface area contributed by atoms with Crippen LogP contribution in [0.1, 0.15) is 11.5 Å². The Bertz CT molecular complexity index is 1160. The number of hydrogen-bond acceptors (Lipinski definition) is 4. The van der Waals surface area contributed by atoms with Crippen molar-refractivity contribution in [2.45, 2.75) is 13.8 Å². The molecular formula is C19H17FN6O. The summed E-state index contributed by atoms with van der Waals surface area (Å²) in [4.78, 5) is 19.7. The SMILES string of the molecule is Cc1nc(-c2ccc(F)cc2)c(-c2ccc3nc(NC=O)c(C)n3n2)n1C. The molecule has 3 aromatic heterocycles. The first-order valence-electron chi connectivity index (χ1n) is 8.36. The molecule has 4 aromatic rings. The van der Waals surface area contributed by atoms with Gasteiger partial charge in [-0.05, 0) is 50.2 Å². The quantitative estimate of drug-likeness (QED) is 0.565. The largest absolute Gasteiger partial charge is 0.330 e. The normalized spacial score (nSPS) is 11.1. The number of amides is 1. The topological polar surface area (TPSA) is 77.1 Å². The van der Waals surface area contributed by atoms with Crippen LogP contribution in [0.15, 0.2) is 36.4 Å². The zero-order valence-electron chi connectivity index (χ0n) is 15.1. The fourth-order valence-electron chi connectivity index (χ4n) is 3.07. The molecule has 4 rings (SSSR count). The number of carbonyl (C=O) groups is 1. The highest BCUT2D eigenvalue weighted by molar-refractivity contribution is 5.78. The maximum Gasteiger partial charge on any atom is 0.212 e. The molecule has 0 saturated carbocycles. The number of aromatic nitrogens is 5. The molecule has 8 heteroatoms. The highest BCUT2D eigenvalue weighted by Crippen LogP contribution is 2.31. The Morgan fingerprint density at radius 1 is 1.07 bits per heavy atom. The molecule has 3 heterocycles. The number of carbonyl (C=O) groups excluding carboxylic acids is 1. The van der Waals surface area contributed by atoms with E-state index in [9.17, 15) is 9.18 Å². The van der Waals surface area contributed by atoms with Crippen molar-refractivity contribution in [3.8, 4) is 22.6 Å². The van der Waals surface area contributed by atoms with E-state index in [1.807, 2.05) is 37.6 Å². The van der Waals surface area contributed by atoms with E-state index in [-0.39, 0.29) is 5.82 Å². The van der Waals surface area contributed by atoms with Gasteiger partial charge in [0.2, 0.25) is 6.41 Å². The van der Waals surface area contributed by atoms with Gasteiger partial charge in [0.1, 0.15) is 17.3 Å². The van der Waals surface area contributed by atoms with Crippen molar-refractivity contribution in [2.24, 2.45) is 7.05 Å². The lowest BCUT2D eigenvalue weighted by molar-refractivity contribution is -0.105. The van der Waals surface area contributed by atoms with Crippen LogP contribution in [-0.4, -0.2) is 30.6 Å². The van der Waals surface area contributed by atoms with Gasteiger partial charge in [0.05, 0.1) is 17.1 Å². The van der Waals surface area contributed by atoms with Crippen LogP contribution in [0, 0.1) is 19.7 Å². The molecule has 0 radical (unpaired) electrons. The highest BCUT2D eigenvalue weighted by Gasteiger charge is 2.19. The van der Waals surface area contributed by atoms with E-state index in [1.165, 1.54) is 12.1 Å². The van der Waals surface area contributed by atoms with Crippen LogP contribution < -0.4 is 5.32 Å². The molecule has 0 fully saturated rings. The molecule has 7 nitrogen and oxygen atoms in total. The minimum Gasteiger partial charge on any atom is -0.330 e. The van der Waals surface area contributed by atoms with Gasteiger partial charge in [-0.3, -0.25) is 4.79 Å². The molecule has 136 valence electrons. The maximum absolute atomic E-state index is 13.3. The number of rotatable bonds is 4. The number of halogens is 1.